The third-order valence-corrected chi connectivity index (χ3v) is 4.52. The van der Waals surface area contributed by atoms with E-state index in [2.05, 4.69) is 0 Å². The van der Waals surface area contributed by atoms with Gasteiger partial charge in [-0.1, -0.05) is 0 Å². The van der Waals surface area contributed by atoms with E-state index in [9.17, 15) is 8.42 Å². The minimum Gasteiger partial charge on any atom is -0.299 e. The molecule has 0 aliphatic carbocycles. The van der Waals surface area contributed by atoms with Crippen LogP contribution in [0.15, 0.2) is 0 Å². The van der Waals surface area contributed by atoms with Crippen LogP contribution in [-0.2, 0) is 14.7 Å². The molecule has 1 saturated heterocycles. The van der Waals surface area contributed by atoms with Crippen molar-refractivity contribution < 1.29 is 13.3 Å². The van der Waals surface area contributed by atoms with E-state index in [0.717, 1.165) is 13.0 Å². The molecular weight excluding hydrogens is 190 g/mol. The van der Waals surface area contributed by atoms with Gasteiger partial charge < -0.3 is 0 Å². The lowest BCUT2D eigenvalue weighted by Crippen LogP contribution is -2.42. The van der Waals surface area contributed by atoms with Gasteiger partial charge in [0, 0.05) is 19.3 Å². The zero-order valence-corrected chi connectivity index (χ0v) is 9.23. The lowest BCUT2D eigenvalue weighted by molar-refractivity contribution is -0.113. The highest BCUT2D eigenvalue weighted by atomic mass is 32.2. The van der Waals surface area contributed by atoms with Crippen LogP contribution < -0.4 is 0 Å². The van der Waals surface area contributed by atoms with Gasteiger partial charge >= 0.3 is 0 Å². The molecule has 0 unspecified atom stereocenters. The van der Waals surface area contributed by atoms with Gasteiger partial charge in [0.2, 0.25) is 0 Å². The Bertz CT molecular complexity index is 265. The van der Waals surface area contributed by atoms with Gasteiger partial charge in [-0.25, -0.2) is 8.42 Å². The molecule has 0 aromatic heterocycles. The number of rotatable bonds is 3. The van der Waals surface area contributed by atoms with Crippen LogP contribution in [0.4, 0.5) is 0 Å². The number of nitrogens with zero attached hydrogens (tertiary/aromatic N) is 1. The molecule has 0 aromatic carbocycles. The Morgan fingerprint density at radius 2 is 2.08 bits per heavy atom. The van der Waals surface area contributed by atoms with Gasteiger partial charge in [0.25, 0.3) is 0 Å². The Labute approximate surface area is 79.7 Å². The van der Waals surface area contributed by atoms with E-state index in [4.69, 9.17) is 4.84 Å². The molecule has 0 aromatic rings. The predicted molar refractivity (Wildman–Crippen MR) is 51.1 cm³/mol. The fourth-order valence-electron chi connectivity index (χ4n) is 1.17. The minimum atomic E-state index is -3.01. The van der Waals surface area contributed by atoms with E-state index in [-0.39, 0.29) is 0 Å². The number of hydroxylamine groups is 2. The number of hydrogen-bond donors (Lipinski definition) is 0. The quantitative estimate of drug-likeness (QED) is 0.674. The molecule has 1 rings (SSSR count). The van der Waals surface area contributed by atoms with Gasteiger partial charge in [-0.05, 0) is 20.3 Å². The van der Waals surface area contributed by atoms with Crippen LogP contribution in [0.25, 0.3) is 0 Å². The highest BCUT2D eigenvalue weighted by Gasteiger charge is 2.33. The first kappa shape index (κ1) is 10.9. The fourth-order valence-corrected chi connectivity index (χ4v) is 1.54. The third kappa shape index (κ3) is 2.65. The van der Waals surface area contributed by atoms with Gasteiger partial charge in [0.15, 0.2) is 9.84 Å². The summed E-state index contributed by atoms with van der Waals surface area (Å²) in [4.78, 5) is 5.25. The predicted octanol–water partition coefficient (Wildman–Crippen LogP) is 0.447. The molecule has 5 heteroatoms. The van der Waals surface area contributed by atoms with Crippen molar-refractivity contribution in [3.05, 3.63) is 0 Å². The molecule has 0 saturated carbocycles. The first-order chi connectivity index (χ1) is 5.83. The SMILES string of the molecule is CC(C)(CN1CCCO1)S(C)(=O)=O. The maximum atomic E-state index is 11.4. The lowest BCUT2D eigenvalue weighted by atomic mass is 10.2. The van der Waals surface area contributed by atoms with Gasteiger partial charge in [0.05, 0.1) is 11.4 Å². The summed E-state index contributed by atoms with van der Waals surface area (Å²) >= 11 is 0. The van der Waals surface area contributed by atoms with Crippen LogP contribution >= 0.6 is 0 Å². The summed E-state index contributed by atoms with van der Waals surface area (Å²) in [6.07, 6.45) is 2.25. The highest BCUT2D eigenvalue weighted by Crippen LogP contribution is 2.18. The van der Waals surface area contributed by atoms with E-state index in [0.29, 0.717) is 13.2 Å². The maximum absolute atomic E-state index is 11.4. The zero-order chi connectivity index (χ0) is 10.1. The number of hydrogen-bond acceptors (Lipinski definition) is 4. The van der Waals surface area contributed by atoms with Gasteiger partial charge in [0.1, 0.15) is 0 Å². The van der Waals surface area contributed by atoms with Crippen LogP contribution in [0.1, 0.15) is 20.3 Å². The van der Waals surface area contributed by atoms with Crippen molar-refractivity contribution in [3.8, 4) is 0 Å². The molecule has 0 atom stereocenters. The normalized spacial score (nSPS) is 20.8. The third-order valence-electron chi connectivity index (χ3n) is 2.39. The zero-order valence-electron chi connectivity index (χ0n) is 8.41. The first-order valence-corrected chi connectivity index (χ1v) is 6.29. The second-order valence-corrected chi connectivity index (χ2v) is 6.73. The van der Waals surface area contributed by atoms with Crippen molar-refractivity contribution >= 4 is 9.84 Å². The summed E-state index contributed by atoms with van der Waals surface area (Å²) in [5.41, 5.74) is 0. The molecule has 0 spiro atoms. The Hall–Kier alpha value is -0.130. The summed E-state index contributed by atoms with van der Waals surface area (Å²) in [7, 11) is -3.01. The molecule has 1 aliphatic heterocycles. The van der Waals surface area contributed by atoms with Crippen LogP contribution in [0.5, 0.6) is 0 Å². The highest BCUT2D eigenvalue weighted by molar-refractivity contribution is 7.92. The van der Waals surface area contributed by atoms with Crippen LogP contribution in [0, 0.1) is 0 Å². The molecule has 1 aliphatic rings. The number of sulfone groups is 1. The molecular formula is C8H17NO3S. The van der Waals surface area contributed by atoms with E-state index >= 15 is 0 Å². The molecule has 0 bridgehead atoms. The maximum Gasteiger partial charge on any atom is 0.153 e. The van der Waals surface area contributed by atoms with Crippen molar-refractivity contribution in [2.45, 2.75) is 25.0 Å². The van der Waals surface area contributed by atoms with Crippen molar-refractivity contribution in [2.75, 3.05) is 26.0 Å². The molecule has 0 amide bonds. The van der Waals surface area contributed by atoms with Gasteiger partial charge in [-0.15, -0.1) is 0 Å². The summed E-state index contributed by atoms with van der Waals surface area (Å²) < 4.78 is 22.0. The van der Waals surface area contributed by atoms with Gasteiger partial charge in [-0.2, -0.15) is 5.06 Å². The lowest BCUT2D eigenvalue weighted by Gasteiger charge is -2.27. The average Bonchev–Trinajstić information content (AvgIpc) is 2.35. The Morgan fingerprint density at radius 3 is 2.46 bits per heavy atom. The second kappa shape index (κ2) is 3.55. The molecule has 78 valence electrons. The van der Waals surface area contributed by atoms with Crippen molar-refractivity contribution in [1.82, 2.24) is 5.06 Å². The largest absolute Gasteiger partial charge is 0.299 e. The monoisotopic (exact) mass is 207 g/mol. The molecule has 4 nitrogen and oxygen atoms in total. The molecule has 1 fully saturated rings. The minimum absolute atomic E-state index is 0.450. The van der Waals surface area contributed by atoms with E-state index in [1.54, 1.807) is 18.9 Å². The van der Waals surface area contributed by atoms with Crippen LogP contribution in [-0.4, -0.2) is 44.2 Å². The van der Waals surface area contributed by atoms with Crippen LogP contribution in [0.2, 0.25) is 0 Å². The topological polar surface area (TPSA) is 46.6 Å². The molecule has 1 heterocycles. The standard InChI is InChI=1S/C8H17NO3S/c1-8(2,13(3,10)11)7-9-5-4-6-12-9/h4-7H2,1-3H3. The summed E-state index contributed by atoms with van der Waals surface area (Å²) in [6, 6.07) is 0. The Balaban J connectivity index is 2.61. The molecule has 13 heavy (non-hydrogen) atoms. The Kier molecular flexibility index (Phi) is 2.99. The van der Waals surface area contributed by atoms with Crippen molar-refractivity contribution in [1.29, 1.82) is 0 Å². The smallest absolute Gasteiger partial charge is 0.153 e. The molecule has 0 radical (unpaired) electrons. The van der Waals surface area contributed by atoms with E-state index in [1.165, 1.54) is 6.26 Å². The van der Waals surface area contributed by atoms with Crippen molar-refractivity contribution in [3.63, 3.8) is 0 Å². The van der Waals surface area contributed by atoms with Gasteiger partial charge in [-0.3, -0.25) is 4.84 Å². The summed E-state index contributed by atoms with van der Waals surface area (Å²) in [5.74, 6) is 0. The Morgan fingerprint density at radius 1 is 1.46 bits per heavy atom. The van der Waals surface area contributed by atoms with Crippen molar-refractivity contribution in [2.24, 2.45) is 0 Å². The first-order valence-electron chi connectivity index (χ1n) is 4.40. The average molecular weight is 207 g/mol. The summed E-state index contributed by atoms with van der Waals surface area (Å²) in [6.45, 7) is 5.44. The molecule has 0 N–H and O–H groups in total. The van der Waals surface area contributed by atoms with E-state index < -0.39 is 14.6 Å². The fraction of sp³-hybridized carbons (Fsp3) is 1.00. The van der Waals surface area contributed by atoms with E-state index in [1.807, 2.05) is 0 Å². The second-order valence-electron chi connectivity index (χ2n) is 4.08. The summed E-state index contributed by atoms with van der Waals surface area (Å²) in [5, 5.41) is 1.74. The van der Waals surface area contributed by atoms with Crippen LogP contribution in [0.3, 0.4) is 0 Å².